The van der Waals surface area contributed by atoms with Crippen LogP contribution < -0.4 is 4.90 Å². The van der Waals surface area contributed by atoms with Crippen molar-refractivity contribution in [2.75, 3.05) is 18.5 Å². The van der Waals surface area contributed by atoms with Crippen molar-refractivity contribution in [3.8, 4) is 0 Å². The molecule has 0 amide bonds. The first-order valence-electron chi connectivity index (χ1n) is 4.69. The van der Waals surface area contributed by atoms with Crippen molar-refractivity contribution in [3.63, 3.8) is 0 Å². The summed E-state index contributed by atoms with van der Waals surface area (Å²) in [5.74, 6) is 0. The lowest BCUT2D eigenvalue weighted by Gasteiger charge is -2.15. The van der Waals surface area contributed by atoms with Gasteiger partial charge >= 0.3 is 5.69 Å². The fourth-order valence-electron chi connectivity index (χ4n) is 1.51. The lowest BCUT2D eigenvalue weighted by Crippen LogP contribution is -2.19. The van der Waals surface area contributed by atoms with Crippen molar-refractivity contribution in [2.24, 2.45) is 0 Å². The van der Waals surface area contributed by atoms with Crippen LogP contribution in [0.25, 0.3) is 11.0 Å². The number of hydrogen-bond donors (Lipinski definition) is 0. The minimum atomic E-state index is -0.559. The molecule has 1 aromatic carbocycles. The maximum Gasteiger partial charge on any atom is 0.300 e. The Morgan fingerprint density at radius 2 is 2.18 bits per heavy atom. The molecule has 0 saturated heterocycles. The molecule has 0 radical (unpaired) electrons. The first-order valence-corrected chi connectivity index (χ1v) is 4.69. The molecule has 1 aromatic heterocycles. The van der Waals surface area contributed by atoms with E-state index >= 15 is 0 Å². The summed E-state index contributed by atoms with van der Waals surface area (Å²) in [6, 6.07) is 2.82. The Bertz CT molecular complexity index is 579. The number of non-ortho nitro benzene ring substituents is 1. The number of carbonyl (C=O) groups is 1. The molecule has 0 aliphatic rings. The molecule has 2 aromatic rings. The predicted molar refractivity (Wildman–Crippen MR) is 57.8 cm³/mol. The van der Waals surface area contributed by atoms with Crippen LogP contribution >= 0.6 is 0 Å². The summed E-state index contributed by atoms with van der Waals surface area (Å²) in [5, 5.41) is 17.9. The Morgan fingerprint density at radius 3 is 2.82 bits per heavy atom. The number of rotatable bonds is 4. The van der Waals surface area contributed by atoms with Gasteiger partial charge in [-0.2, -0.15) is 0 Å². The van der Waals surface area contributed by atoms with E-state index in [2.05, 4.69) is 14.9 Å². The molecule has 0 atom stereocenters. The summed E-state index contributed by atoms with van der Waals surface area (Å²) in [7, 11) is 1.67. The fourth-order valence-corrected chi connectivity index (χ4v) is 1.51. The topological polar surface area (TPSA) is 102 Å². The first-order chi connectivity index (χ1) is 8.15. The van der Waals surface area contributed by atoms with Crippen molar-refractivity contribution in [2.45, 2.75) is 0 Å². The number of hydrogen-bond acceptors (Lipinski definition) is 7. The van der Waals surface area contributed by atoms with Crippen LogP contribution in [0.4, 0.5) is 11.4 Å². The number of aromatic nitrogens is 2. The molecule has 0 aliphatic heterocycles. The molecule has 0 unspecified atom stereocenters. The number of nitro benzene ring substituents is 1. The van der Waals surface area contributed by atoms with Gasteiger partial charge in [0.15, 0.2) is 5.52 Å². The Kier molecular flexibility index (Phi) is 2.69. The van der Waals surface area contributed by atoms with Gasteiger partial charge in [0.1, 0.15) is 6.29 Å². The van der Waals surface area contributed by atoms with Gasteiger partial charge in [-0.15, -0.1) is 0 Å². The third-order valence-corrected chi connectivity index (χ3v) is 2.33. The molecule has 8 heteroatoms. The molecule has 0 N–H and O–H groups in total. The number of carbonyl (C=O) groups excluding carboxylic acids is 1. The van der Waals surface area contributed by atoms with Gasteiger partial charge < -0.3 is 9.69 Å². The van der Waals surface area contributed by atoms with Gasteiger partial charge in [-0.25, -0.2) is 4.63 Å². The minimum absolute atomic E-state index is 0.0743. The van der Waals surface area contributed by atoms with E-state index in [1.54, 1.807) is 11.9 Å². The fraction of sp³-hybridized carbons (Fsp3) is 0.222. The van der Waals surface area contributed by atoms with E-state index in [1.165, 1.54) is 12.1 Å². The van der Waals surface area contributed by atoms with Crippen molar-refractivity contribution >= 4 is 28.7 Å². The highest BCUT2D eigenvalue weighted by Crippen LogP contribution is 2.30. The van der Waals surface area contributed by atoms with Crippen LogP contribution in [0.2, 0.25) is 0 Å². The Balaban J connectivity index is 2.60. The third-order valence-electron chi connectivity index (χ3n) is 2.33. The lowest BCUT2D eigenvalue weighted by atomic mass is 10.2. The second kappa shape index (κ2) is 4.16. The summed E-state index contributed by atoms with van der Waals surface area (Å²) >= 11 is 0. The van der Waals surface area contributed by atoms with Crippen LogP contribution in [0, 0.1) is 10.1 Å². The van der Waals surface area contributed by atoms with Gasteiger partial charge in [0.05, 0.1) is 17.2 Å². The molecular weight excluding hydrogens is 228 g/mol. The third kappa shape index (κ3) is 1.80. The van der Waals surface area contributed by atoms with Gasteiger partial charge in [-0.05, 0) is 16.4 Å². The molecule has 0 aliphatic carbocycles. The maximum atomic E-state index is 10.7. The number of fused-ring (bicyclic) bond motifs is 1. The van der Waals surface area contributed by atoms with Crippen LogP contribution in [0.5, 0.6) is 0 Å². The van der Waals surface area contributed by atoms with E-state index < -0.39 is 4.92 Å². The van der Waals surface area contributed by atoms with Gasteiger partial charge in [0.2, 0.25) is 5.52 Å². The number of anilines is 1. The average molecular weight is 236 g/mol. The van der Waals surface area contributed by atoms with E-state index in [9.17, 15) is 14.9 Å². The van der Waals surface area contributed by atoms with Crippen LogP contribution in [0.1, 0.15) is 0 Å². The number of benzene rings is 1. The highest BCUT2D eigenvalue weighted by molar-refractivity contribution is 5.94. The number of likely N-dealkylation sites (N-methyl/N-ethyl adjacent to an activating group) is 1. The molecular formula is C9H8N4O4. The maximum absolute atomic E-state index is 10.7. The Hall–Kier alpha value is -2.51. The summed E-state index contributed by atoms with van der Waals surface area (Å²) in [6.45, 7) is 0.153. The Labute approximate surface area is 94.9 Å². The van der Waals surface area contributed by atoms with E-state index in [1.807, 2.05) is 0 Å². The predicted octanol–water partition coefficient (Wildman–Crippen LogP) is 0.766. The van der Waals surface area contributed by atoms with Crippen LogP contribution in [-0.2, 0) is 4.79 Å². The second-order valence-corrected chi connectivity index (χ2v) is 3.37. The molecule has 0 spiro atoms. The van der Waals surface area contributed by atoms with Crippen molar-refractivity contribution in [3.05, 3.63) is 22.2 Å². The van der Waals surface area contributed by atoms with Crippen LogP contribution in [0.3, 0.4) is 0 Å². The second-order valence-electron chi connectivity index (χ2n) is 3.37. The quantitative estimate of drug-likeness (QED) is 0.438. The van der Waals surface area contributed by atoms with Gasteiger partial charge in [0, 0.05) is 13.1 Å². The van der Waals surface area contributed by atoms with Gasteiger partial charge in [0.25, 0.3) is 0 Å². The van der Waals surface area contributed by atoms with Crippen LogP contribution in [-0.4, -0.2) is 35.1 Å². The van der Waals surface area contributed by atoms with Crippen molar-refractivity contribution in [1.82, 2.24) is 10.3 Å². The number of aldehydes is 1. The summed E-state index contributed by atoms with van der Waals surface area (Å²) in [4.78, 5) is 22.2. The van der Waals surface area contributed by atoms with E-state index in [0.717, 1.165) is 6.29 Å². The SMILES string of the molecule is CN(CC=O)c1ccc([N+](=O)[O-])c2nonc12. The number of nitro groups is 1. The Morgan fingerprint density at radius 1 is 1.47 bits per heavy atom. The number of nitrogens with zero attached hydrogens (tertiary/aromatic N) is 4. The summed E-state index contributed by atoms with van der Waals surface area (Å²) in [6.07, 6.45) is 0.723. The van der Waals surface area contributed by atoms with Crippen molar-refractivity contribution < 1.29 is 14.3 Å². The zero-order valence-corrected chi connectivity index (χ0v) is 8.86. The van der Waals surface area contributed by atoms with Gasteiger partial charge in [-0.3, -0.25) is 10.1 Å². The standard InChI is InChI=1S/C9H8N4O4/c1-12(4-5-14)6-2-3-7(13(15)16)9-8(6)10-17-11-9/h2-3,5H,4H2,1H3. The molecule has 17 heavy (non-hydrogen) atoms. The summed E-state index contributed by atoms with van der Waals surface area (Å²) in [5.41, 5.74) is 0.720. The molecule has 8 nitrogen and oxygen atoms in total. The molecule has 1 heterocycles. The lowest BCUT2D eigenvalue weighted by molar-refractivity contribution is -0.383. The first kappa shape index (κ1) is 11.0. The highest BCUT2D eigenvalue weighted by Gasteiger charge is 2.20. The largest absolute Gasteiger partial charge is 0.366 e. The molecule has 0 bridgehead atoms. The molecule has 88 valence electrons. The van der Waals surface area contributed by atoms with E-state index in [-0.39, 0.29) is 23.3 Å². The monoisotopic (exact) mass is 236 g/mol. The van der Waals surface area contributed by atoms with Crippen molar-refractivity contribution in [1.29, 1.82) is 0 Å². The zero-order chi connectivity index (χ0) is 12.4. The smallest absolute Gasteiger partial charge is 0.300 e. The normalized spacial score (nSPS) is 10.4. The zero-order valence-electron chi connectivity index (χ0n) is 8.86. The molecule has 2 rings (SSSR count). The minimum Gasteiger partial charge on any atom is -0.366 e. The highest BCUT2D eigenvalue weighted by atomic mass is 16.6. The van der Waals surface area contributed by atoms with E-state index in [0.29, 0.717) is 5.69 Å². The molecule has 0 fully saturated rings. The van der Waals surface area contributed by atoms with Crippen LogP contribution in [0.15, 0.2) is 16.8 Å². The van der Waals surface area contributed by atoms with Gasteiger partial charge in [-0.1, -0.05) is 0 Å². The van der Waals surface area contributed by atoms with E-state index in [4.69, 9.17) is 0 Å². The molecule has 0 saturated carbocycles. The average Bonchev–Trinajstić information content (AvgIpc) is 2.76. The summed E-state index contributed by atoms with van der Waals surface area (Å²) < 4.78 is 4.51.